The molecule has 0 N–H and O–H groups in total. The number of hydrogen-bond acceptors (Lipinski definition) is 4. The van der Waals surface area contributed by atoms with Crippen LogP contribution in [-0.4, -0.2) is 19.0 Å². The van der Waals surface area contributed by atoms with E-state index in [0.717, 1.165) is 70.1 Å². The average Bonchev–Trinajstić information content (AvgIpc) is 3.11. The van der Waals surface area contributed by atoms with E-state index in [4.69, 9.17) is 14.7 Å². The summed E-state index contributed by atoms with van der Waals surface area (Å²) in [6.07, 6.45) is 9.58. The van der Waals surface area contributed by atoms with Gasteiger partial charge in [0.05, 0.1) is 30.4 Å². The van der Waals surface area contributed by atoms with Gasteiger partial charge in [-0.05, 0) is 60.4 Å². The van der Waals surface area contributed by atoms with Gasteiger partial charge >= 0.3 is 0 Å². The van der Waals surface area contributed by atoms with Gasteiger partial charge in [0.15, 0.2) is 0 Å². The fourth-order valence-corrected chi connectivity index (χ4v) is 5.68. The van der Waals surface area contributed by atoms with Crippen LogP contribution in [0.4, 0.5) is 0 Å². The Morgan fingerprint density at radius 3 is 1.60 bits per heavy atom. The third-order valence-electron chi connectivity index (χ3n) is 7.60. The lowest BCUT2D eigenvalue weighted by molar-refractivity contribution is 0.295. The summed E-state index contributed by atoms with van der Waals surface area (Å²) < 4.78 is 12.7. The number of ether oxygens (including phenoxy) is 2. The van der Waals surface area contributed by atoms with E-state index in [9.17, 15) is 0 Å². The second-order valence-corrected chi connectivity index (χ2v) is 12.6. The van der Waals surface area contributed by atoms with Gasteiger partial charge in [-0.2, -0.15) is 5.26 Å². The quantitative estimate of drug-likeness (QED) is 0.0695. The standard InChI is InChI=1S/C43H45NO2S/c1-3-5-7-12-30-45-42-34-40(26-20-36-21-27-41(28-22-36)47-32-14-29-44)43(46-31-13-8-6-4-2)33-39(42)25-19-35-17-23-38(24-18-35)37-15-10-9-11-16-37/h9-11,15-18,21-24,27-28,33-34H,3-8,12-14,30-32H2,1-2H3. The molecule has 0 fully saturated rings. The van der Waals surface area contributed by atoms with Gasteiger partial charge in [-0.3, -0.25) is 0 Å². The maximum absolute atomic E-state index is 8.82. The molecule has 3 nitrogen and oxygen atoms in total. The van der Waals surface area contributed by atoms with Gasteiger partial charge < -0.3 is 9.47 Å². The highest BCUT2D eigenvalue weighted by atomic mass is 32.2. The first-order valence-corrected chi connectivity index (χ1v) is 17.9. The third-order valence-corrected chi connectivity index (χ3v) is 8.62. The summed E-state index contributed by atoms with van der Waals surface area (Å²) in [5, 5.41) is 8.82. The molecule has 4 aromatic rings. The maximum Gasteiger partial charge on any atom is 0.136 e. The van der Waals surface area contributed by atoms with Crippen molar-refractivity contribution < 1.29 is 9.47 Å². The molecule has 0 aliphatic rings. The van der Waals surface area contributed by atoms with Crippen LogP contribution in [0.1, 0.15) is 93.9 Å². The van der Waals surface area contributed by atoms with Gasteiger partial charge in [0.1, 0.15) is 11.5 Å². The monoisotopic (exact) mass is 639 g/mol. The van der Waals surface area contributed by atoms with Crippen molar-refractivity contribution >= 4 is 11.8 Å². The number of thioether (sulfide) groups is 1. The van der Waals surface area contributed by atoms with Crippen molar-refractivity contribution in [3.8, 4) is 52.4 Å². The van der Waals surface area contributed by atoms with E-state index in [0.29, 0.717) is 19.6 Å². The van der Waals surface area contributed by atoms with Crippen molar-refractivity contribution in [3.63, 3.8) is 0 Å². The molecule has 0 bridgehead atoms. The predicted octanol–water partition coefficient (Wildman–Crippen LogP) is 11.1. The lowest BCUT2D eigenvalue weighted by Crippen LogP contribution is -2.03. The molecular weight excluding hydrogens is 595 g/mol. The molecule has 0 heterocycles. The van der Waals surface area contributed by atoms with E-state index in [1.54, 1.807) is 11.8 Å². The van der Waals surface area contributed by atoms with E-state index in [1.165, 1.54) is 36.8 Å². The van der Waals surface area contributed by atoms with Crippen LogP contribution in [0.25, 0.3) is 11.1 Å². The zero-order chi connectivity index (χ0) is 32.9. The number of benzene rings is 4. The van der Waals surface area contributed by atoms with Gasteiger partial charge in [0, 0.05) is 40.3 Å². The molecule has 0 radical (unpaired) electrons. The molecule has 0 amide bonds. The second kappa shape index (κ2) is 20.5. The van der Waals surface area contributed by atoms with E-state index in [2.05, 4.69) is 104 Å². The molecule has 47 heavy (non-hydrogen) atoms. The molecular formula is C43H45NO2S. The van der Waals surface area contributed by atoms with E-state index >= 15 is 0 Å². The van der Waals surface area contributed by atoms with Crippen LogP contribution in [0.15, 0.2) is 95.9 Å². The van der Waals surface area contributed by atoms with E-state index in [-0.39, 0.29) is 0 Å². The van der Waals surface area contributed by atoms with Crippen molar-refractivity contribution in [2.24, 2.45) is 0 Å². The number of rotatable bonds is 16. The number of unbranched alkanes of at least 4 members (excludes halogenated alkanes) is 6. The Morgan fingerprint density at radius 2 is 1.09 bits per heavy atom. The molecule has 4 aromatic carbocycles. The number of nitriles is 1. The Bertz CT molecular complexity index is 1680. The summed E-state index contributed by atoms with van der Waals surface area (Å²) in [5.41, 5.74) is 5.83. The molecule has 0 spiro atoms. The summed E-state index contributed by atoms with van der Waals surface area (Å²) in [5.74, 6) is 15.7. The van der Waals surface area contributed by atoms with Crippen LogP contribution in [-0.2, 0) is 0 Å². The third kappa shape index (κ3) is 12.3. The van der Waals surface area contributed by atoms with Crippen LogP contribution < -0.4 is 9.47 Å². The minimum Gasteiger partial charge on any atom is -0.492 e. The number of hydrogen-bond donors (Lipinski definition) is 0. The average molecular weight is 640 g/mol. The van der Waals surface area contributed by atoms with Crippen molar-refractivity contribution in [1.82, 2.24) is 0 Å². The van der Waals surface area contributed by atoms with Crippen LogP contribution in [0.5, 0.6) is 11.5 Å². The molecule has 0 atom stereocenters. The van der Waals surface area contributed by atoms with Gasteiger partial charge in [-0.15, -0.1) is 11.8 Å². The van der Waals surface area contributed by atoms with E-state index < -0.39 is 0 Å². The lowest BCUT2D eigenvalue weighted by atomic mass is 10.0. The molecule has 0 aliphatic carbocycles. The smallest absolute Gasteiger partial charge is 0.136 e. The van der Waals surface area contributed by atoms with Gasteiger partial charge in [-0.25, -0.2) is 0 Å². The molecule has 0 saturated carbocycles. The Kier molecular flexibility index (Phi) is 15.4. The highest BCUT2D eigenvalue weighted by Gasteiger charge is 2.11. The Balaban J connectivity index is 1.63. The highest BCUT2D eigenvalue weighted by molar-refractivity contribution is 7.99. The Morgan fingerprint density at radius 1 is 0.574 bits per heavy atom. The van der Waals surface area contributed by atoms with E-state index in [1.807, 2.05) is 30.3 Å². The zero-order valence-electron chi connectivity index (χ0n) is 27.8. The van der Waals surface area contributed by atoms with Crippen LogP contribution in [0.3, 0.4) is 0 Å². The van der Waals surface area contributed by atoms with Gasteiger partial charge in [0.25, 0.3) is 0 Å². The number of nitrogens with zero attached hydrogens (tertiary/aromatic N) is 1. The second-order valence-electron chi connectivity index (χ2n) is 11.4. The van der Waals surface area contributed by atoms with Crippen molar-refractivity contribution in [2.75, 3.05) is 19.0 Å². The highest BCUT2D eigenvalue weighted by Crippen LogP contribution is 2.30. The Hall–Kier alpha value is -4.56. The molecule has 0 unspecified atom stereocenters. The molecule has 4 rings (SSSR count). The van der Waals surface area contributed by atoms with Crippen LogP contribution >= 0.6 is 11.8 Å². The topological polar surface area (TPSA) is 42.2 Å². The summed E-state index contributed by atoms with van der Waals surface area (Å²) in [6, 6.07) is 33.1. The van der Waals surface area contributed by atoms with Crippen molar-refractivity contribution in [2.45, 2.75) is 76.5 Å². The molecule has 4 heteroatoms. The largest absolute Gasteiger partial charge is 0.492 e. The lowest BCUT2D eigenvalue weighted by Gasteiger charge is -2.14. The maximum atomic E-state index is 8.82. The summed E-state index contributed by atoms with van der Waals surface area (Å²) >= 11 is 1.68. The Labute approximate surface area is 286 Å². The first-order chi connectivity index (χ1) is 23.2. The first kappa shape index (κ1) is 35.3. The molecule has 0 aliphatic heterocycles. The summed E-state index contributed by atoms with van der Waals surface area (Å²) in [7, 11) is 0. The fraction of sp³-hybridized carbons (Fsp3) is 0.326. The minimum atomic E-state index is 0.539. The SMILES string of the molecule is CCCCCCOc1cc(C#Cc2ccc(-c3ccccc3)cc2)c(OCCCCCC)cc1C#Cc1ccc(SCCC#N)cc1. The van der Waals surface area contributed by atoms with Crippen LogP contribution in [0, 0.1) is 35.0 Å². The fourth-order valence-electron chi connectivity index (χ4n) is 4.92. The van der Waals surface area contributed by atoms with Gasteiger partial charge in [-0.1, -0.05) is 119 Å². The molecule has 0 aromatic heterocycles. The van der Waals surface area contributed by atoms with Crippen LogP contribution in [0.2, 0.25) is 0 Å². The minimum absolute atomic E-state index is 0.539. The summed E-state index contributed by atoms with van der Waals surface area (Å²) in [4.78, 5) is 1.14. The molecule has 240 valence electrons. The van der Waals surface area contributed by atoms with Crippen molar-refractivity contribution in [1.29, 1.82) is 5.26 Å². The first-order valence-electron chi connectivity index (χ1n) is 16.9. The predicted molar refractivity (Wildman–Crippen MR) is 197 cm³/mol. The summed E-state index contributed by atoms with van der Waals surface area (Å²) in [6.45, 7) is 5.70. The zero-order valence-corrected chi connectivity index (χ0v) is 28.6. The normalized spacial score (nSPS) is 10.2. The molecule has 0 saturated heterocycles. The van der Waals surface area contributed by atoms with Gasteiger partial charge in [0.2, 0.25) is 0 Å². The van der Waals surface area contributed by atoms with Crippen molar-refractivity contribution in [3.05, 3.63) is 113 Å².